The van der Waals surface area contributed by atoms with Crippen molar-refractivity contribution in [1.29, 1.82) is 0 Å². The lowest BCUT2D eigenvalue weighted by Gasteiger charge is -2.01. The first-order valence-electron chi connectivity index (χ1n) is 5.23. The highest BCUT2D eigenvalue weighted by Crippen LogP contribution is 2.30. The van der Waals surface area contributed by atoms with Gasteiger partial charge in [0.05, 0.1) is 5.69 Å². The first-order valence-corrected chi connectivity index (χ1v) is 6.05. The summed E-state index contributed by atoms with van der Waals surface area (Å²) >= 11 is 1.48. The normalized spacial score (nSPS) is 13.4. The summed E-state index contributed by atoms with van der Waals surface area (Å²) in [6.07, 6.45) is 3.12. The molecule has 1 heterocycles. The van der Waals surface area contributed by atoms with Crippen LogP contribution in [0.4, 0.5) is 5.13 Å². The van der Waals surface area contributed by atoms with Crippen LogP contribution in [-0.2, 0) is 27.2 Å². The summed E-state index contributed by atoms with van der Waals surface area (Å²) < 4.78 is 4.67. The van der Waals surface area contributed by atoms with Crippen LogP contribution in [0.15, 0.2) is 0 Å². The number of carbonyl (C=O) groups excluding carboxylic acids is 1. The third-order valence-electron chi connectivity index (χ3n) is 2.30. The van der Waals surface area contributed by atoms with E-state index in [0.717, 1.165) is 25.0 Å². The standard InChI is InChI=1S/C10H12N2O4S/c13-8(4-16-5-9(14)15)12-10-11-6-2-1-3-7(6)17-10/h1-5H2,(H,14,15)(H,11,12,13). The molecule has 1 aromatic heterocycles. The zero-order chi connectivity index (χ0) is 12.3. The van der Waals surface area contributed by atoms with Gasteiger partial charge in [-0.15, -0.1) is 11.3 Å². The van der Waals surface area contributed by atoms with Crippen LogP contribution in [0.3, 0.4) is 0 Å². The van der Waals surface area contributed by atoms with E-state index in [1.54, 1.807) is 0 Å². The summed E-state index contributed by atoms with van der Waals surface area (Å²) in [6, 6.07) is 0. The Morgan fingerprint density at radius 2 is 2.24 bits per heavy atom. The fraction of sp³-hybridized carbons (Fsp3) is 0.500. The number of carboxylic acid groups (broad SMARTS) is 1. The lowest BCUT2D eigenvalue weighted by Crippen LogP contribution is -2.20. The highest BCUT2D eigenvalue weighted by atomic mass is 32.1. The second-order valence-electron chi connectivity index (χ2n) is 3.68. The Balaban J connectivity index is 1.79. The molecule has 0 spiro atoms. The molecule has 0 saturated carbocycles. The fourth-order valence-corrected chi connectivity index (χ4v) is 2.70. The SMILES string of the molecule is O=C(O)COCC(=O)Nc1nc2c(s1)CCC2. The number of aliphatic carboxylic acids is 1. The number of carbonyl (C=O) groups is 2. The quantitative estimate of drug-likeness (QED) is 0.808. The largest absolute Gasteiger partial charge is 0.480 e. The topological polar surface area (TPSA) is 88.5 Å². The maximum Gasteiger partial charge on any atom is 0.329 e. The molecule has 1 aliphatic rings. The monoisotopic (exact) mass is 256 g/mol. The molecule has 7 heteroatoms. The second-order valence-corrected chi connectivity index (χ2v) is 4.76. The first-order chi connectivity index (χ1) is 8.15. The van der Waals surface area contributed by atoms with Gasteiger partial charge in [-0.1, -0.05) is 0 Å². The van der Waals surface area contributed by atoms with Gasteiger partial charge < -0.3 is 9.84 Å². The number of nitrogens with zero attached hydrogens (tertiary/aromatic N) is 1. The Kier molecular flexibility index (Phi) is 3.70. The van der Waals surface area contributed by atoms with Crippen molar-refractivity contribution >= 4 is 28.3 Å². The molecule has 0 bridgehead atoms. The van der Waals surface area contributed by atoms with Crippen molar-refractivity contribution in [2.75, 3.05) is 18.5 Å². The number of ether oxygens (including phenoxy) is 1. The molecule has 6 nitrogen and oxygen atoms in total. The van der Waals surface area contributed by atoms with Gasteiger partial charge in [0.25, 0.3) is 5.91 Å². The summed E-state index contributed by atoms with van der Waals surface area (Å²) in [7, 11) is 0. The first kappa shape index (κ1) is 12.0. The average molecular weight is 256 g/mol. The summed E-state index contributed by atoms with van der Waals surface area (Å²) in [4.78, 5) is 27.0. The minimum absolute atomic E-state index is 0.267. The summed E-state index contributed by atoms with van der Waals surface area (Å²) in [5.74, 6) is -1.47. The van der Waals surface area contributed by atoms with Gasteiger partial charge in [0.2, 0.25) is 0 Å². The van der Waals surface area contributed by atoms with Crippen molar-refractivity contribution in [2.45, 2.75) is 19.3 Å². The number of carboxylic acids is 1. The van der Waals surface area contributed by atoms with Crippen LogP contribution in [0.2, 0.25) is 0 Å². The molecular weight excluding hydrogens is 244 g/mol. The molecule has 1 aliphatic carbocycles. The number of rotatable bonds is 5. The van der Waals surface area contributed by atoms with Crippen molar-refractivity contribution < 1.29 is 19.4 Å². The van der Waals surface area contributed by atoms with Crippen LogP contribution in [0, 0.1) is 0 Å². The molecule has 0 atom stereocenters. The Labute approximate surface area is 102 Å². The van der Waals surface area contributed by atoms with Gasteiger partial charge in [0.15, 0.2) is 5.13 Å². The number of anilines is 1. The molecule has 0 saturated heterocycles. The van der Waals surface area contributed by atoms with Crippen LogP contribution in [-0.4, -0.2) is 35.2 Å². The average Bonchev–Trinajstić information content (AvgIpc) is 2.76. The zero-order valence-electron chi connectivity index (χ0n) is 9.06. The molecule has 92 valence electrons. The van der Waals surface area contributed by atoms with Crippen LogP contribution in [0.1, 0.15) is 17.0 Å². The van der Waals surface area contributed by atoms with Crippen molar-refractivity contribution in [2.24, 2.45) is 0 Å². The Bertz CT molecular complexity index is 422. The maximum atomic E-state index is 11.4. The van der Waals surface area contributed by atoms with Crippen molar-refractivity contribution in [3.05, 3.63) is 10.6 Å². The molecule has 17 heavy (non-hydrogen) atoms. The van der Waals surface area contributed by atoms with Crippen molar-refractivity contribution in [1.82, 2.24) is 4.98 Å². The molecule has 0 radical (unpaired) electrons. The van der Waals surface area contributed by atoms with E-state index in [2.05, 4.69) is 15.0 Å². The zero-order valence-corrected chi connectivity index (χ0v) is 9.88. The van der Waals surface area contributed by atoms with E-state index in [-0.39, 0.29) is 12.5 Å². The van der Waals surface area contributed by atoms with Crippen LogP contribution >= 0.6 is 11.3 Å². The molecule has 1 aromatic rings. The highest BCUT2D eigenvalue weighted by Gasteiger charge is 2.17. The van der Waals surface area contributed by atoms with Gasteiger partial charge in [0, 0.05) is 4.88 Å². The summed E-state index contributed by atoms with van der Waals surface area (Å²) in [6.45, 7) is -0.738. The molecule has 2 rings (SSSR count). The number of hydrogen-bond donors (Lipinski definition) is 2. The third-order valence-corrected chi connectivity index (χ3v) is 3.37. The molecule has 2 N–H and O–H groups in total. The lowest BCUT2D eigenvalue weighted by molar-refractivity contribution is -0.143. The van der Waals surface area contributed by atoms with Crippen LogP contribution in [0.25, 0.3) is 0 Å². The molecule has 0 unspecified atom stereocenters. The number of nitrogens with one attached hydrogen (secondary N) is 1. The van der Waals surface area contributed by atoms with Crippen LogP contribution < -0.4 is 5.32 Å². The van der Waals surface area contributed by atoms with Gasteiger partial charge in [-0.25, -0.2) is 9.78 Å². The Morgan fingerprint density at radius 1 is 1.41 bits per heavy atom. The van der Waals surface area contributed by atoms with Gasteiger partial charge in [-0.05, 0) is 19.3 Å². The van der Waals surface area contributed by atoms with Gasteiger partial charge >= 0.3 is 5.97 Å². The van der Waals surface area contributed by atoms with E-state index >= 15 is 0 Å². The second kappa shape index (κ2) is 5.24. The van der Waals surface area contributed by atoms with Crippen molar-refractivity contribution in [3.63, 3.8) is 0 Å². The fourth-order valence-electron chi connectivity index (χ4n) is 1.63. The summed E-state index contributed by atoms with van der Waals surface area (Å²) in [5.41, 5.74) is 1.07. The van der Waals surface area contributed by atoms with E-state index in [4.69, 9.17) is 5.11 Å². The number of amides is 1. The van der Waals surface area contributed by atoms with E-state index < -0.39 is 12.6 Å². The van der Waals surface area contributed by atoms with Crippen molar-refractivity contribution in [3.8, 4) is 0 Å². The number of aromatic nitrogens is 1. The molecule has 0 aromatic carbocycles. The number of fused-ring (bicyclic) bond motifs is 1. The van der Waals surface area contributed by atoms with E-state index in [9.17, 15) is 9.59 Å². The highest BCUT2D eigenvalue weighted by molar-refractivity contribution is 7.15. The third kappa shape index (κ3) is 3.24. The minimum atomic E-state index is -1.09. The predicted octanol–water partition coefficient (Wildman–Crippen LogP) is 0.671. The Morgan fingerprint density at radius 3 is 2.94 bits per heavy atom. The minimum Gasteiger partial charge on any atom is -0.480 e. The number of thiazole rings is 1. The van der Waals surface area contributed by atoms with E-state index in [0.29, 0.717) is 5.13 Å². The maximum absolute atomic E-state index is 11.4. The van der Waals surface area contributed by atoms with E-state index in [1.807, 2.05) is 0 Å². The molecule has 0 aliphatic heterocycles. The predicted molar refractivity (Wildman–Crippen MR) is 61.2 cm³/mol. The van der Waals surface area contributed by atoms with E-state index in [1.165, 1.54) is 16.2 Å². The summed E-state index contributed by atoms with van der Waals surface area (Å²) in [5, 5.41) is 11.5. The number of hydrogen-bond acceptors (Lipinski definition) is 5. The lowest BCUT2D eigenvalue weighted by atomic mass is 10.4. The van der Waals surface area contributed by atoms with Crippen LogP contribution in [0.5, 0.6) is 0 Å². The molecule has 0 fully saturated rings. The Hall–Kier alpha value is -1.47. The molecular formula is C10H12N2O4S. The molecule has 1 amide bonds. The van der Waals surface area contributed by atoms with Gasteiger partial charge in [0.1, 0.15) is 13.2 Å². The smallest absolute Gasteiger partial charge is 0.329 e. The number of aryl methyl sites for hydroxylation is 2. The van der Waals surface area contributed by atoms with Gasteiger partial charge in [-0.3, -0.25) is 10.1 Å². The van der Waals surface area contributed by atoms with Gasteiger partial charge in [-0.2, -0.15) is 0 Å².